The fourth-order valence-electron chi connectivity index (χ4n) is 2.19. The second-order valence-electron chi connectivity index (χ2n) is 5.55. The second kappa shape index (κ2) is 9.08. The number of halogens is 1. The smallest absolute Gasteiger partial charge is 0.338 e. The van der Waals surface area contributed by atoms with E-state index < -0.39 is 5.97 Å². The van der Waals surface area contributed by atoms with Crippen molar-refractivity contribution in [2.24, 2.45) is 0 Å². The minimum atomic E-state index is -0.593. The van der Waals surface area contributed by atoms with Crippen LogP contribution in [0.5, 0.6) is 5.75 Å². The molecule has 0 radical (unpaired) electrons. The highest BCUT2D eigenvalue weighted by molar-refractivity contribution is 6.30. The normalized spacial score (nSPS) is 10.2. The molecule has 132 valence electrons. The molecule has 2 rings (SSSR count). The molecule has 1 amide bonds. The molecule has 0 spiro atoms. The average molecular weight is 362 g/mol. The number of aryl methyl sites for hydroxylation is 2. The number of esters is 1. The molecule has 2 aromatic carbocycles. The van der Waals surface area contributed by atoms with Crippen LogP contribution in [0.2, 0.25) is 5.02 Å². The number of amides is 1. The Hall–Kier alpha value is -2.53. The summed E-state index contributed by atoms with van der Waals surface area (Å²) in [5.74, 6) is -0.198. The van der Waals surface area contributed by atoms with Crippen LogP contribution in [0.15, 0.2) is 42.5 Å². The molecule has 0 heterocycles. The molecule has 0 fully saturated rings. The zero-order valence-electron chi connectivity index (χ0n) is 14.2. The summed E-state index contributed by atoms with van der Waals surface area (Å²) in [5, 5.41) is 3.07. The SMILES string of the molecule is Cc1ccc(OCCNC(=O)COC(=O)c2cccc(Cl)c2)c(C)c1. The van der Waals surface area contributed by atoms with Crippen molar-refractivity contribution in [3.63, 3.8) is 0 Å². The van der Waals surface area contributed by atoms with E-state index in [0.717, 1.165) is 11.3 Å². The first kappa shape index (κ1) is 18.8. The van der Waals surface area contributed by atoms with E-state index in [2.05, 4.69) is 5.32 Å². The Labute approximate surface area is 151 Å². The number of hydrogen-bond acceptors (Lipinski definition) is 4. The van der Waals surface area contributed by atoms with E-state index in [1.54, 1.807) is 18.2 Å². The van der Waals surface area contributed by atoms with E-state index >= 15 is 0 Å². The molecule has 0 aliphatic rings. The van der Waals surface area contributed by atoms with Gasteiger partial charge in [0, 0.05) is 5.02 Å². The van der Waals surface area contributed by atoms with E-state index in [1.807, 2.05) is 32.0 Å². The van der Waals surface area contributed by atoms with Gasteiger partial charge in [0.25, 0.3) is 5.91 Å². The molecule has 5 nitrogen and oxygen atoms in total. The highest BCUT2D eigenvalue weighted by Crippen LogP contribution is 2.18. The lowest BCUT2D eigenvalue weighted by atomic mass is 10.1. The van der Waals surface area contributed by atoms with E-state index in [9.17, 15) is 9.59 Å². The molecule has 0 bridgehead atoms. The van der Waals surface area contributed by atoms with Crippen LogP contribution in [0.1, 0.15) is 21.5 Å². The maximum Gasteiger partial charge on any atom is 0.338 e. The quantitative estimate of drug-likeness (QED) is 0.607. The number of hydrogen-bond donors (Lipinski definition) is 1. The number of rotatable bonds is 7. The Balaban J connectivity index is 1.68. The molecule has 0 aliphatic carbocycles. The molecule has 2 aromatic rings. The van der Waals surface area contributed by atoms with Gasteiger partial charge in [0.15, 0.2) is 6.61 Å². The lowest BCUT2D eigenvalue weighted by Gasteiger charge is -2.10. The average Bonchev–Trinajstić information content (AvgIpc) is 2.58. The first-order valence-electron chi connectivity index (χ1n) is 7.85. The summed E-state index contributed by atoms with van der Waals surface area (Å²) in [6, 6.07) is 12.3. The van der Waals surface area contributed by atoms with Gasteiger partial charge >= 0.3 is 5.97 Å². The summed E-state index contributed by atoms with van der Waals surface area (Å²) in [4.78, 5) is 23.5. The number of carbonyl (C=O) groups is 2. The molecule has 6 heteroatoms. The van der Waals surface area contributed by atoms with Crippen molar-refractivity contribution >= 4 is 23.5 Å². The summed E-state index contributed by atoms with van der Waals surface area (Å²) >= 11 is 5.81. The van der Waals surface area contributed by atoms with Crippen molar-refractivity contribution in [2.45, 2.75) is 13.8 Å². The zero-order chi connectivity index (χ0) is 18.2. The Kier molecular flexibility index (Phi) is 6.83. The summed E-state index contributed by atoms with van der Waals surface area (Å²) in [5.41, 5.74) is 2.51. The van der Waals surface area contributed by atoms with Crippen LogP contribution >= 0.6 is 11.6 Å². The summed E-state index contributed by atoms with van der Waals surface area (Å²) < 4.78 is 10.6. The lowest BCUT2D eigenvalue weighted by Crippen LogP contribution is -2.32. The molecular weight excluding hydrogens is 342 g/mol. The predicted molar refractivity (Wildman–Crippen MR) is 96.2 cm³/mol. The highest BCUT2D eigenvalue weighted by Gasteiger charge is 2.10. The predicted octanol–water partition coefficient (Wildman–Crippen LogP) is 3.31. The van der Waals surface area contributed by atoms with Crippen molar-refractivity contribution < 1.29 is 19.1 Å². The first-order chi connectivity index (χ1) is 12.0. The maximum absolute atomic E-state index is 11.8. The van der Waals surface area contributed by atoms with Gasteiger partial charge in [-0.1, -0.05) is 35.4 Å². The van der Waals surface area contributed by atoms with Crippen molar-refractivity contribution in [1.29, 1.82) is 0 Å². The number of carbonyl (C=O) groups excluding carboxylic acids is 2. The van der Waals surface area contributed by atoms with Crippen LogP contribution in [0, 0.1) is 13.8 Å². The van der Waals surface area contributed by atoms with Gasteiger partial charge in [-0.25, -0.2) is 4.79 Å². The van der Waals surface area contributed by atoms with Crippen molar-refractivity contribution in [3.8, 4) is 5.75 Å². The topological polar surface area (TPSA) is 64.6 Å². The Morgan fingerprint density at radius 3 is 2.64 bits per heavy atom. The van der Waals surface area contributed by atoms with Gasteiger partial charge in [-0.05, 0) is 43.7 Å². The minimum absolute atomic E-state index is 0.304. The van der Waals surface area contributed by atoms with Gasteiger partial charge in [-0.15, -0.1) is 0 Å². The van der Waals surface area contributed by atoms with Crippen LogP contribution in [-0.4, -0.2) is 31.6 Å². The molecular formula is C19H20ClNO4. The maximum atomic E-state index is 11.8. The van der Waals surface area contributed by atoms with E-state index in [-0.39, 0.29) is 12.5 Å². The number of ether oxygens (including phenoxy) is 2. The summed E-state index contributed by atoms with van der Waals surface area (Å²) in [6.45, 7) is 4.28. The monoisotopic (exact) mass is 361 g/mol. The lowest BCUT2D eigenvalue weighted by molar-refractivity contribution is -0.124. The molecule has 0 atom stereocenters. The highest BCUT2D eigenvalue weighted by atomic mass is 35.5. The second-order valence-corrected chi connectivity index (χ2v) is 5.99. The van der Waals surface area contributed by atoms with Gasteiger partial charge < -0.3 is 14.8 Å². The fraction of sp³-hybridized carbons (Fsp3) is 0.263. The van der Waals surface area contributed by atoms with Gasteiger partial charge in [0.1, 0.15) is 12.4 Å². The first-order valence-corrected chi connectivity index (χ1v) is 8.23. The zero-order valence-corrected chi connectivity index (χ0v) is 14.9. The van der Waals surface area contributed by atoms with Crippen LogP contribution in [0.4, 0.5) is 0 Å². The van der Waals surface area contributed by atoms with E-state index in [4.69, 9.17) is 21.1 Å². The molecule has 1 N–H and O–H groups in total. The Morgan fingerprint density at radius 2 is 1.92 bits per heavy atom. The third-order valence-electron chi connectivity index (χ3n) is 3.41. The van der Waals surface area contributed by atoms with Crippen LogP contribution in [0.3, 0.4) is 0 Å². The standard InChI is InChI=1S/C19H20ClNO4/c1-13-6-7-17(14(2)10-13)24-9-8-21-18(22)12-25-19(23)15-4-3-5-16(20)11-15/h3-7,10-11H,8-9,12H2,1-2H3,(H,21,22). The van der Waals surface area contributed by atoms with E-state index in [0.29, 0.717) is 23.7 Å². The third-order valence-corrected chi connectivity index (χ3v) is 3.64. The molecule has 0 saturated carbocycles. The van der Waals surface area contributed by atoms with E-state index in [1.165, 1.54) is 11.6 Å². The molecule has 0 aromatic heterocycles. The molecule has 0 aliphatic heterocycles. The van der Waals surface area contributed by atoms with Crippen molar-refractivity contribution in [2.75, 3.05) is 19.8 Å². The van der Waals surface area contributed by atoms with Gasteiger partial charge in [-0.2, -0.15) is 0 Å². The fourth-order valence-corrected chi connectivity index (χ4v) is 2.38. The third kappa shape index (κ3) is 6.12. The minimum Gasteiger partial charge on any atom is -0.491 e. The number of nitrogens with one attached hydrogen (secondary N) is 1. The van der Waals surface area contributed by atoms with Gasteiger partial charge in [-0.3, -0.25) is 4.79 Å². The summed E-state index contributed by atoms with van der Waals surface area (Å²) in [7, 11) is 0. The van der Waals surface area contributed by atoms with Crippen LogP contribution < -0.4 is 10.1 Å². The molecule has 0 unspecified atom stereocenters. The Bertz CT molecular complexity index is 761. The summed E-state index contributed by atoms with van der Waals surface area (Å²) in [6.07, 6.45) is 0. The van der Waals surface area contributed by atoms with Gasteiger partial charge in [0.05, 0.1) is 12.1 Å². The largest absolute Gasteiger partial charge is 0.491 e. The molecule has 25 heavy (non-hydrogen) atoms. The van der Waals surface area contributed by atoms with Gasteiger partial charge in [0.2, 0.25) is 0 Å². The van der Waals surface area contributed by atoms with Crippen molar-refractivity contribution in [3.05, 3.63) is 64.2 Å². The van der Waals surface area contributed by atoms with Crippen LogP contribution in [-0.2, 0) is 9.53 Å². The van der Waals surface area contributed by atoms with Crippen LogP contribution in [0.25, 0.3) is 0 Å². The Morgan fingerprint density at radius 1 is 1.12 bits per heavy atom. The number of benzene rings is 2. The van der Waals surface area contributed by atoms with Crippen molar-refractivity contribution in [1.82, 2.24) is 5.32 Å². The molecule has 0 saturated heterocycles.